The summed E-state index contributed by atoms with van der Waals surface area (Å²) in [6.45, 7) is 5.50. The molecule has 1 aliphatic heterocycles. The van der Waals surface area contributed by atoms with E-state index in [4.69, 9.17) is 0 Å². The molecule has 0 aliphatic carbocycles. The predicted octanol–water partition coefficient (Wildman–Crippen LogP) is 0.827. The smallest absolute Gasteiger partial charge is 0.299 e. The Bertz CT molecular complexity index is 578. The van der Waals surface area contributed by atoms with Gasteiger partial charge in [0.05, 0.1) is 11.3 Å². The Labute approximate surface area is 110 Å². The predicted molar refractivity (Wildman–Crippen MR) is 71.1 cm³/mol. The first-order chi connectivity index (χ1) is 9.04. The summed E-state index contributed by atoms with van der Waals surface area (Å²) < 4.78 is 0. The second-order valence-electron chi connectivity index (χ2n) is 4.33. The van der Waals surface area contributed by atoms with Gasteiger partial charge < -0.3 is 5.32 Å². The molecule has 2 rings (SSSR count). The van der Waals surface area contributed by atoms with E-state index in [1.807, 2.05) is 6.92 Å². The first-order valence-electron chi connectivity index (χ1n) is 5.89. The van der Waals surface area contributed by atoms with Crippen LogP contribution in [0.15, 0.2) is 30.9 Å². The minimum absolute atomic E-state index is 0.158. The maximum atomic E-state index is 11.9. The molecule has 0 radical (unpaired) electrons. The number of carbonyl (C=O) groups is 3. The van der Waals surface area contributed by atoms with Crippen molar-refractivity contribution < 1.29 is 14.4 Å². The van der Waals surface area contributed by atoms with E-state index in [2.05, 4.69) is 11.9 Å². The molecule has 0 atom stereocenters. The van der Waals surface area contributed by atoms with Gasteiger partial charge in [0.25, 0.3) is 11.7 Å². The third-order valence-electron chi connectivity index (χ3n) is 2.87. The largest absolute Gasteiger partial charge is 0.351 e. The van der Waals surface area contributed by atoms with Gasteiger partial charge in [0.1, 0.15) is 6.54 Å². The molecule has 0 bridgehead atoms. The SMILES string of the molecule is C=CCNC(=O)CN1C(=O)C(=O)c2cc(C)ccc21. The number of Topliss-reactive ketones (excluding diaryl/α,β-unsaturated/α-hetero) is 1. The first kappa shape index (κ1) is 13.0. The number of nitrogens with one attached hydrogen (secondary N) is 1. The minimum atomic E-state index is -0.658. The molecule has 1 heterocycles. The van der Waals surface area contributed by atoms with Gasteiger partial charge >= 0.3 is 0 Å². The van der Waals surface area contributed by atoms with Crippen LogP contribution in [0.1, 0.15) is 15.9 Å². The highest BCUT2D eigenvalue weighted by molar-refractivity contribution is 6.52. The number of nitrogens with zero attached hydrogens (tertiary/aromatic N) is 1. The molecular formula is C14H14N2O3. The van der Waals surface area contributed by atoms with Crippen LogP contribution in [0.3, 0.4) is 0 Å². The van der Waals surface area contributed by atoms with Crippen molar-refractivity contribution in [2.24, 2.45) is 0 Å². The van der Waals surface area contributed by atoms with Crippen molar-refractivity contribution in [1.29, 1.82) is 0 Å². The van der Waals surface area contributed by atoms with Crippen LogP contribution >= 0.6 is 0 Å². The minimum Gasteiger partial charge on any atom is -0.351 e. The summed E-state index contributed by atoms with van der Waals surface area (Å²) in [5, 5.41) is 2.57. The first-order valence-corrected chi connectivity index (χ1v) is 5.89. The zero-order valence-corrected chi connectivity index (χ0v) is 10.6. The number of fused-ring (bicyclic) bond motifs is 1. The van der Waals surface area contributed by atoms with Crippen LogP contribution in [0, 0.1) is 6.92 Å². The Hall–Kier alpha value is -2.43. The number of rotatable bonds is 4. The van der Waals surface area contributed by atoms with Gasteiger partial charge in [0.2, 0.25) is 5.91 Å². The highest BCUT2D eigenvalue weighted by Gasteiger charge is 2.36. The van der Waals surface area contributed by atoms with Crippen LogP contribution in [0.25, 0.3) is 0 Å². The van der Waals surface area contributed by atoms with Gasteiger partial charge in [0.15, 0.2) is 0 Å². The Morgan fingerprint density at radius 3 is 2.84 bits per heavy atom. The van der Waals surface area contributed by atoms with Crippen molar-refractivity contribution in [1.82, 2.24) is 5.32 Å². The van der Waals surface area contributed by atoms with Gasteiger partial charge in [-0.1, -0.05) is 17.7 Å². The van der Waals surface area contributed by atoms with Crippen molar-refractivity contribution in [3.8, 4) is 0 Å². The lowest BCUT2D eigenvalue weighted by Crippen LogP contribution is -2.40. The van der Waals surface area contributed by atoms with Crippen LogP contribution < -0.4 is 10.2 Å². The highest BCUT2D eigenvalue weighted by atomic mass is 16.2. The van der Waals surface area contributed by atoms with E-state index in [1.54, 1.807) is 24.3 Å². The Balaban J connectivity index is 2.24. The van der Waals surface area contributed by atoms with E-state index >= 15 is 0 Å². The number of amides is 2. The zero-order valence-electron chi connectivity index (χ0n) is 10.6. The van der Waals surface area contributed by atoms with Crippen molar-refractivity contribution in [2.45, 2.75) is 6.92 Å². The second-order valence-corrected chi connectivity index (χ2v) is 4.33. The molecular weight excluding hydrogens is 244 g/mol. The summed E-state index contributed by atoms with van der Waals surface area (Å²) >= 11 is 0. The van der Waals surface area contributed by atoms with E-state index in [9.17, 15) is 14.4 Å². The number of ketones is 1. The summed E-state index contributed by atoms with van der Waals surface area (Å²) in [5.41, 5.74) is 1.76. The van der Waals surface area contributed by atoms with Crippen LogP contribution in [-0.4, -0.2) is 30.7 Å². The fraction of sp³-hybridized carbons (Fsp3) is 0.214. The third kappa shape index (κ3) is 2.40. The molecule has 1 aliphatic rings. The Morgan fingerprint density at radius 1 is 1.42 bits per heavy atom. The van der Waals surface area contributed by atoms with Gasteiger partial charge in [-0.2, -0.15) is 0 Å². The summed E-state index contributed by atoms with van der Waals surface area (Å²) in [6.07, 6.45) is 1.55. The van der Waals surface area contributed by atoms with Gasteiger partial charge in [-0.05, 0) is 19.1 Å². The topological polar surface area (TPSA) is 66.5 Å². The van der Waals surface area contributed by atoms with Crippen molar-refractivity contribution >= 4 is 23.3 Å². The molecule has 0 saturated carbocycles. The molecule has 0 fully saturated rings. The zero-order chi connectivity index (χ0) is 14.0. The maximum absolute atomic E-state index is 11.9. The second kappa shape index (κ2) is 5.06. The van der Waals surface area contributed by atoms with E-state index in [-0.39, 0.29) is 12.5 Å². The normalized spacial score (nSPS) is 13.4. The number of carbonyl (C=O) groups excluding carboxylic acids is 3. The number of benzene rings is 1. The molecule has 0 saturated heterocycles. The molecule has 0 spiro atoms. The summed E-state index contributed by atoms with van der Waals surface area (Å²) in [5.74, 6) is -1.54. The average molecular weight is 258 g/mol. The molecule has 1 aromatic carbocycles. The highest BCUT2D eigenvalue weighted by Crippen LogP contribution is 2.29. The lowest BCUT2D eigenvalue weighted by atomic mass is 10.1. The molecule has 1 aromatic rings. The number of aryl methyl sites for hydroxylation is 1. The fourth-order valence-electron chi connectivity index (χ4n) is 1.96. The van der Waals surface area contributed by atoms with Crippen molar-refractivity contribution in [3.63, 3.8) is 0 Å². The molecule has 5 nitrogen and oxygen atoms in total. The van der Waals surface area contributed by atoms with E-state index in [0.717, 1.165) is 5.56 Å². The van der Waals surface area contributed by atoms with Gasteiger partial charge in [-0.25, -0.2) is 0 Å². The van der Waals surface area contributed by atoms with Crippen LogP contribution in [0.2, 0.25) is 0 Å². The summed E-state index contributed by atoms with van der Waals surface area (Å²) in [7, 11) is 0. The molecule has 98 valence electrons. The van der Waals surface area contributed by atoms with E-state index in [1.165, 1.54) is 4.90 Å². The molecule has 0 aromatic heterocycles. The van der Waals surface area contributed by atoms with Crippen molar-refractivity contribution in [3.05, 3.63) is 42.0 Å². The third-order valence-corrected chi connectivity index (χ3v) is 2.87. The van der Waals surface area contributed by atoms with Crippen molar-refractivity contribution in [2.75, 3.05) is 18.0 Å². The molecule has 1 N–H and O–H groups in total. The van der Waals surface area contributed by atoms with Crippen LogP contribution in [0.4, 0.5) is 5.69 Å². The van der Waals surface area contributed by atoms with Gasteiger partial charge in [-0.15, -0.1) is 6.58 Å². The number of hydrogen-bond donors (Lipinski definition) is 1. The van der Waals surface area contributed by atoms with Gasteiger partial charge in [0, 0.05) is 6.54 Å². The fourth-order valence-corrected chi connectivity index (χ4v) is 1.96. The lowest BCUT2D eigenvalue weighted by molar-refractivity contribution is -0.122. The summed E-state index contributed by atoms with van der Waals surface area (Å²) in [4.78, 5) is 36.5. The standard InChI is InChI=1S/C14H14N2O3/c1-3-6-15-12(17)8-16-11-5-4-9(2)7-10(11)13(18)14(16)19/h3-5,7H,1,6,8H2,2H3,(H,15,17). The van der Waals surface area contributed by atoms with Crippen LogP contribution in [0.5, 0.6) is 0 Å². The quantitative estimate of drug-likeness (QED) is 0.642. The Kier molecular flexibility index (Phi) is 3.46. The number of hydrogen-bond acceptors (Lipinski definition) is 3. The molecule has 2 amide bonds. The average Bonchev–Trinajstić information content (AvgIpc) is 2.61. The van der Waals surface area contributed by atoms with Gasteiger partial charge in [-0.3, -0.25) is 19.3 Å². The molecule has 19 heavy (non-hydrogen) atoms. The number of anilines is 1. The lowest BCUT2D eigenvalue weighted by Gasteiger charge is -2.15. The molecule has 5 heteroatoms. The van der Waals surface area contributed by atoms with Crippen LogP contribution in [-0.2, 0) is 9.59 Å². The maximum Gasteiger partial charge on any atom is 0.299 e. The van der Waals surface area contributed by atoms with E-state index in [0.29, 0.717) is 17.8 Å². The monoisotopic (exact) mass is 258 g/mol. The summed E-state index contributed by atoms with van der Waals surface area (Å²) in [6, 6.07) is 5.16. The van der Waals surface area contributed by atoms with E-state index < -0.39 is 11.7 Å². The molecule has 0 unspecified atom stereocenters. The Morgan fingerprint density at radius 2 is 2.16 bits per heavy atom.